The van der Waals surface area contributed by atoms with Gasteiger partial charge in [-0.2, -0.15) is 0 Å². The molecular formula is C18H20Ac2N2O4-2. The first-order valence-corrected chi connectivity index (χ1v) is 7.09. The first-order chi connectivity index (χ1) is 11.4. The van der Waals surface area contributed by atoms with Gasteiger partial charge in [-0.15, -0.1) is 0 Å². The molecule has 0 bridgehead atoms. The summed E-state index contributed by atoms with van der Waals surface area (Å²) in [6, 6.07) is 17.1. The van der Waals surface area contributed by atoms with Gasteiger partial charge in [0.15, 0.2) is 0 Å². The molecule has 1 unspecified atom stereocenters. The summed E-state index contributed by atoms with van der Waals surface area (Å²) in [5.41, 5.74) is 15.4. The third kappa shape index (κ3) is 12.2. The van der Waals surface area contributed by atoms with Gasteiger partial charge in [0.05, 0.1) is 0 Å². The molecule has 0 fully saturated rings. The molecule has 0 aromatic heterocycles. The predicted molar refractivity (Wildman–Crippen MR) is 94.4 cm³/mol. The third-order valence-corrected chi connectivity index (χ3v) is 2.92. The summed E-state index contributed by atoms with van der Waals surface area (Å²) in [6.07, 6.45) is 1.58. The summed E-state index contributed by atoms with van der Waals surface area (Å²) >= 11 is 0. The van der Waals surface area contributed by atoms with Crippen LogP contribution in [0.4, 0.5) is 0 Å². The zero-order chi connectivity index (χ0) is 17.9. The van der Waals surface area contributed by atoms with E-state index in [-0.39, 0.29) is 96.0 Å². The van der Waals surface area contributed by atoms with E-state index < -0.39 is 23.7 Å². The number of carboxylic acid groups (broad SMARTS) is 2. The van der Waals surface area contributed by atoms with Gasteiger partial charge in [-0.3, -0.25) is 4.79 Å². The summed E-state index contributed by atoms with van der Waals surface area (Å²) in [5, 5.41) is 16.8. The fourth-order valence-electron chi connectivity index (χ4n) is 1.71. The van der Waals surface area contributed by atoms with Crippen molar-refractivity contribution in [2.45, 2.75) is 12.5 Å². The quantitative estimate of drug-likeness (QED) is 0.443. The Balaban J connectivity index is -0.000000384. The largest absolute Gasteiger partial charge is 0.693 e. The van der Waals surface area contributed by atoms with Crippen molar-refractivity contribution >= 4 is 18.0 Å². The van der Waals surface area contributed by atoms with E-state index in [4.69, 9.17) is 21.7 Å². The van der Waals surface area contributed by atoms with Crippen LogP contribution in [0.3, 0.4) is 0 Å². The molecule has 0 aliphatic rings. The summed E-state index contributed by atoms with van der Waals surface area (Å²) in [6.45, 7) is 0. The Bertz CT molecular complexity index is 701. The fraction of sp³-hybridized carbons (Fsp3) is 0.111. The number of hydrogen-bond donors (Lipinski definition) is 2. The van der Waals surface area contributed by atoms with Crippen molar-refractivity contribution in [1.29, 1.82) is 0 Å². The Labute approximate surface area is 225 Å². The second-order valence-electron chi connectivity index (χ2n) is 4.85. The molecule has 0 aliphatic heterocycles. The van der Waals surface area contributed by atoms with Gasteiger partial charge in [-0.1, -0.05) is 72.4 Å². The SMILES string of the molecule is [Ac].[Ac].[HH].[NH-]/C(=C\c1ccccc1)C(=O)O.[NH-]C(Cc1ccccc1)C(=O)O. The maximum absolute atomic E-state index is 10.3. The van der Waals surface area contributed by atoms with Crippen molar-refractivity contribution in [3.8, 4) is 0 Å². The molecule has 2 rings (SSSR count). The molecule has 6 nitrogen and oxygen atoms in total. The molecule has 0 saturated heterocycles. The van der Waals surface area contributed by atoms with Gasteiger partial charge in [-0.25, -0.2) is 4.79 Å². The van der Waals surface area contributed by atoms with E-state index in [1.54, 1.807) is 24.3 Å². The van der Waals surface area contributed by atoms with Crippen molar-refractivity contribution in [1.82, 2.24) is 0 Å². The minimum absolute atomic E-state index is 0. The maximum Gasteiger partial charge on any atom is 0.312 e. The van der Waals surface area contributed by atoms with E-state index in [9.17, 15) is 9.59 Å². The van der Waals surface area contributed by atoms with Crippen molar-refractivity contribution in [3.63, 3.8) is 0 Å². The molecule has 2 radical (unpaired) electrons. The monoisotopic (exact) mass is 782 g/mol. The third-order valence-electron chi connectivity index (χ3n) is 2.92. The predicted octanol–water partition coefficient (Wildman–Crippen LogP) is 4.14. The molecule has 0 heterocycles. The van der Waals surface area contributed by atoms with Gasteiger partial charge < -0.3 is 21.7 Å². The summed E-state index contributed by atoms with van der Waals surface area (Å²) in [5.74, 6) is -2.28. The minimum Gasteiger partial charge on any atom is -0.693 e. The summed E-state index contributed by atoms with van der Waals surface area (Å²) in [4.78, 5) is 20.6. The number of benzene rings is 2. The van der Waals surface area contributed by atoms with E-state index in [1.807, 2.05) is 36.4 Å². The Morgan fingerprint density at radius 2 is 1.42 bits per heavy atom. The van der Waals surface area contributed by atoms with Gasteiger partial charge in [0.2, 0.25) is 0 Å². The normalized spacial score (nSPS) is 10.9. The summed E-state index contributed by atoms with van der Waals surface area (Å²) < 4.78 is 0. The minimum atomic E-state index is -1.21. The number of carboxylic acids is 2. The van der Waals surface area contributed by atoms with E-state index in [1.165, 1.54) is 6.08 Å². The van der Waals surface area contributed by atoms with Crippen LogP contribution in [0.15, 0.2) is 66.4 Å². The van der Waals surface area contributed by atoms with Crippen LogP contribution in [0.25, 0.3) is 17.5 Å². The topological polar surface area (TPSA) is 122 Å². The van der Waals surface area contributed by atoms with Crippen LogP contribution in [0.1, 0.15) is 12.6 Å². The van der Waals surface area contributed by atoms with Crippen LogP contribution in [-0.4, -0.2) is 28.2 Å². The van der Waals surface area contributed by atoms with Crippen LogP contribution in [0, 0.1) is 88.1 Å². The molecule has 2 aromatic rings. The molecule has 0 amide bonds. The van der Waals surface area contributed by atoms with Crippen LogP contribution < -0.4 is 0 Å². The zero-order valence-corrected chi connectivity index (χ0v) is 23.5. The summed E-state index contributed by atoms with van der Waals surface area (Å²) in [7, 11) is 0. The van der Waals surface area contributed by atoms with Crippen LogP contribution in [0.2, 0.25) is 0 Å². The molecule has 8 heteroatoms. The molecule has 134 valence electrons. The first kappa shape index (κ1) is 28.0. The van der Waals surface area contributed by atoms with Gasteiger partial charge in [0.1, 0.15) is 0 Å². The number of hydrogen-bond acceptors (Lipinski definition) is 2. The van der Waals surface area contributed by atoms with Gasteiger partial charge in [-0.05, 0) is 23.6 Å². The van der Waals surface area contributed by atoms with Crippen LogP contribution >= 0.6 is 0 Å². The maximum atomic E-state index is 10.3. The van der Waals surface area contributed by atoms with Crippen molar-refractivity contribution in [3.05, 3.63) is 89.0 Å². The van der Waals surface area contributed by atoms with Crippen molar-refractivity contribution < 1.29 is 109 Å². The molecule has 26 heavy (non-hydrogen) atoms. The molecule has 0 spiro atoms. The Morgan fingerprint density at radius 1 is 0.962 bits per heavy atom. The number of aliphatic carboxylic acids is 2. The van der Waals surface area contributed by atoms with Gasteiger partial charge in [0.25, 0.3) is 5.97 Å². The molecule has 1 atom stereocenters. The van der Waals surface area contributed by atoms with Crippen molar-refractivity contribution in [2.24, 2.45) is 0 Å². The van der Waals surface area contributed by atoms with E-state index in [0.29, 0.717) is 0 Å². The van der Waals surface area contributed by atoms with Gasteiger partial charge in [0, 0.05) is 89.6 Å². The van der Waals surface area contributed by atoms with Crippen molar-refractivity contribution in [2.75, 3.05) is 0 Å². The average molecular weight is 782 g/mol. The average Bonchev–Trinajstić information content (AvgIpc) is 2.57. The standard InChI is InChI=1S/C9H10NO2.C9H8NO2.2Ac.H2/c2*10-8(9(11)12)6-7-4-2-1-3-5-7;;;/h1-5,8,10H,6H2,(H,11,12);1-6,10H,(H,11,12);;;1H/q2*-1;;;/b;8-6-;;;. The van der Waals surface area contributed by atoms with E-state index in [0.717, 1.165) is 11.1 Å². The molecule has 2 aromatic carbocycles. The van der Waals surface area contributed by atoms with Gasteiger partial charge >= 0.3 is 5.97 Å². The number of nitrogens with one attached hydrogen (secondary N) is 2. The smallest absolute Gasteiger partial charge is 0.312 e. The van der Waals surface area contributed by atoms with E-state index in [2.05, 4.69) is 0 Å². The zero-order valence-electron chi connectivity index (χ0n) is 14.0. The molecule has 0 aliphatic carbocycles. The van der Waals surface area contributed by atoms with E-state index >= 15 is 0 Å². The number of rotatable bonds is 5. The first-order valence-electron chi connectivity index (χ1n) is 7.09. The second-order valence-corrected chi connectivity index (χ2v) is 4.85. The van der Waals surface area contributed by atoms with Crippen LogP contribution in [0.5, 0.6) is 0 Å². The number of carbonyl (C=O) groups is 2. The Hall–Kier alpha value is -0.237. The molecule has 4 N–H and O–H groups in total. The fourth-order valence-corrected chi connectivity index (χ4v) is 1.71. The Kier molecular flexibility index (Phi) is 17.0. The second kappa shape index (κ2) is 15.8. The molecular weight excluding hydrogens is 762 g/mol. The van der Waals surface area contributed by atoms with Crippen LogP contribution in [-0.2, 0) is 16.0 Å². The Morgan fingerprint density at radius 3 is 1.85 bits per heavy atom. The molecule has 0 saturated carbocycles.